The quantitative estimate of drug-likeness (QED) is 0.109. The number of nitrogen functional groups attached to an aromatic ring is 1. The van der Waals surface area contributed by atoms with Crippen molar-refractivity contribution in [2.45, 2.75) is 104 Å². The second kappa shape index (κ2) is 18.1. The minimum atomic E-state index is -1.07. The molecule has 0 aliphatic carbocycles. The fourth-order valence-corrected chi connectivity index (χ4v) is 5.45. The van der Waals surface area contributed by atoms with Gasteiger partial charge in [0.15, 0.2) is 11.5 Å². The third-order valence-corrected chi connectivity index (χ3v) is 8.25. The van der Waals surface area contributed by atoms with E-state index in [1.807, 2.05) is 27.7 Å². The van der Waals surface area contributed by atoms with E-state index in [4.69, 9.17) is 15.2 Å². The first-order valence-electron chi connectivity index (χ1n) is 16.9. The number of ether oxygens (including phenoxy) is 2. The topological polar surface area (TPSA) is 207 Å². The Morgan fingerprint density at radius 2 is 1.66 bits per heavy atom. The molecule has 276 valence electrons. The van der Waals surface area contributed by atoms with Crippen LogP contribution < -0.4 is 32.7 Å². The summed E-state index contributed by atoms with van der Waals surface area (Å²) < 4.78 is 12.7. The van der Waals surface area contributed by atoms with Gasteiger partial charge in [0, 0.05) is 18.0 Å². The van der Waals surface area contributed by atoms with E-state index in [2.05, 4.69) is 43.1 Å². The summed E-state index contributed by atoms with van der Waals surface area (Å²) in [6, 6.07) is 4.93. The third kappa shape index (κ3) is 12.9. The molecule has 50 heavy (non-hydrogen) atoms. The number of aromatic nitrogens is 4. The molecular weight excluding hydrogens is 662 g/mol. The summed E-state index contributed by atoms with van der Waals surface area (Å²) in [7, 11) is 0. The van der Waals surface area contributed by atoms with Crippen LogP contribution in [0.4, 0.5) is 22.2 Å². The van der Waals surface area contributed by atoms with Crippen LogP contribution >= 0.6 is 11.8 Å². The molecule has 2 atom stereocenters. The highest BCUT2D eigenvalue weighted by atomic mass is 32.2. The summed E-state index contributed by atoms with van der Waals surface area (Å²) in [5.74, 6) is 0.565. The van der Waals surface area contributed by atoms with Crippen molar-refractivity contribution in [3.05, 3.63) is 40.3 Å². The summed E-state index contributed by atoms with van der Waals surface area (Å²) in [6.45, 7) is 15.6. The lowest BCUT2D eigenvalue weighted by molar-refractivity contribution is -0.130. The molecule has 0 saturated carbocycles. The van der Waals surface area contributed by atoms with Gasteiger partial charge in [-0.3, -0.25) is 14.2 Å². The van der Waals surface area contributed by atoms with E-state index < -0.39 is 41.2 Å². The number of anilines is 3. The van der Waals surface area contributed by atoms with Crippen molar-refractivity contribution in [2.75, 3.05) is 41.0 Å². The summed E-state index contributed by atoms with van der Waals surface area (Å²) in [6.07, 6.45) is 2.11. The van der Waals surface area contributed by atoms with Gasteiger partial charge in [0.2, 0.25) is 17.8 Å². The molecule has 0 bridgehead atoms. The molecule has 15 nitrogen and oxygen atoms in total. The number of benzene rings is 1. The molecule has 0 saturated heterocycles. The van der Waals surface area contributed by atoms with Crippen LogP contribution in [0, 0.1) is 0 Å². The van der Waals surface area contributed by atoms with Crippen LogP contribution in [0.3, 0.4) is 0 Å². The highest BCUT2D eigenvalue weighted by molar-refractivity contribution is 7.99. The SMILES string of the molecule is CCCCNc1nc(N)c2[nH]c(=O)n(Cc3ccc(NC(=O)[C@H](COC(C)(C)C)NC(=O)[C@H](CSCCC)NC(=O)OC(C)(C)C)cc3)c2n1. The Morgan fingerprint density at radius 1 is 0.960 bits per heavy atom. The largest absolute Gasteiger partial charge is 0.444 e. The lowest BCUT2D eigenvalue weighted by atomic mass is 10.1. The number of carbonyl (C=O) groups excluding carboxylic acids is 3. The molecule has 7 N–H and O–H groups in total. The van der Waals surface area contributed by atoms with Crippen molar-refractivity contribution in [2.24, 2.45) is 0 Å². The lowest BCUT2D eigenvalue weighted by Crippen LogP contribution is -2.55. The number of hydrogen-bond donors (Lipinski definition) is 6. The van der Waals surface area contributed by atoms with E-state index in [0.717, 1.165) is 30.6 Å². The zero-order chi connectivity index (χ0) is 37.1. The normalized spacial score (nSPS) is 13.0. The van der Waals surface area contributed by atoms with Crippen LogP contribution in [0.1, 0.15) is 80.2 Å². The number of nitrogens with one attached hydrogen (secondary N) is 5. The molecule has 0 aliphatic rings. The average Bonchev–Trinajstić information content (AvgIpc) is 3.33. The fraction of sp³-hybridized carbons (Fsp3) is 0.588. The number of carbonyl (C=O) groups is 3. The Bertz CT molecular complexity index is 1640. The minimum Gasteiger partial charge on any atom is -0.444 e. The molecular formula is C34H53N9O6S. The van der Waals surface area contributed by atoms with Crippen molar-refractivity contribution in [3.63, 3.8) is 0 Å². The fourth-order valence-electron chi connectivity index (χ4n) is 4.53. The second-order valence-electron chi connectivity index (χ2n) is 13.9. The number of hydrogen-bond acceptors (Lipinski definition) is 11. The zero-order valence-corrected chi connectivity index (χ0v) is 31.2. The Kier molecular flexibility index (Phi) is 14.5. The van der Waals surface area contributed by atoms with Gasteiger partial charge >= 0.3 is 11.8 Å². The van der Waals surface area contributed by atoms with Crippen molar-refractivity contribution in [1.82, 2.24) is 30.2 Å². The van der Waals surface area contributed by atoms with Crippen LogP contribution in [0.5, 0.6) is 0 Å². The molecule has 3 rings (SSSR count). The van der Waals surface area contributed by atoms with E-state index in [-0.39, 0.29) is 24.7 Å². The first kappa shape index (κ1) is 40.1. The monoisotopic (exact) mass is 715 g/mol. The number of nitrogens with zero attached hydrogens (tertiary/aromatic N) is 3. The highest BCUT2D eigenvalue weighted by Gasteiger charge is 2.30. The molecule has 0 aliphatic heterocycles. The van der Waals surface area contributed by atoms with E-state index >= 15 is 0 Å². The van der Waals surface area contributed by atoms with Gasteiger partial charge in [0.1, 0.15) is 23.2 Å². The van der Waals surface area contributed by atoms with E-state index in [0.29, 0.717) is 35.1 Å². The third-order valence-electron chi connectivity index (χ3n) is 6.98. The number of thioether (sulfide) groups is 1. The van der Waals surface area contributed by atoms with Crippen LogP contribution in [-0.2, 0) is 25.6 Å². The maximum atomic E-state index is 13.5. The number of nitrogens with two attached hydrogens (primary N) is 1. The Hall–Kier alpha value is -4.31. The molecule has 2 aromatic heterocycles. The number of fused-ring (bicyclic) bond motifs is 1. The summed E-state index contributed by atoms with van der Waals surface area (Å²) in [4.78, 5) is 63.9. The van der Waals surface area contributed by atoms with Gasteiger partial charge in [-0.15, -0.1) is 0 Å². The molecule has 1 aromatic carbocycles. The number of amides is 3. The van der Waals surface area contributed by atoms with Gasteiger partial charge in [-0.1, -0.05) is 32.4 Å². The summed E-state index contributed by atoms with van der Waals surface area (Å²) in [5, 5.41) is 11.4. The summed E-state index contributed by atoms with van der Waals surface area (Å²) in [5.41, 5.74) is 6.38. The molecule has 0 radical (unpaired) electrons. The molecule has 16 heteroatoms. The van der Waals surface area contributed by atoms with Crippen LogP contribution in [0.15, 0.2) is 29.1 Å². The summed E-state index contributed by atoms with van der Waals surface area (Å²) >= 11 is 1.51. The lowest BCUT2D eigenvalue weighted by Gasteiger charge is -2.27. The van der Waals surface area contributed by atoms with Gasteiger partial charge < -0.3 is 41.5 Å². The molecule has 0 spiro atoms. The maximum Gasteiger partial charge on any atom is 0.408 e. The predicted octanol–water partition coefficient (Wildman–Crippen LogP) is 4.24. The predicted molar refractivity (Wildman–Crippen MR) is 199 cm³/mol. The number of rotatable bonds is 17. The first-order chi connectivity index (χ1) is 23.5. The second-order valence-corrected chi connectivity index (χ2v) is 15.0. The Labute approximate surface area is 297 Å². The highest BCUT2D eigenvalue weighted by Crippen LogP contribution is 2.19. The number of aromatic amines is 1. The number of alkyl carbamates (subject to hydrolysis) is 1. The smallest absolute Gasteiger partial charge is 0.408 e. The maximum absolute atomic E-state index is 13.5. The molecule has 0 unspecified atom stereocenters. The van der Waals surface area contributed by atoms with Crippen molar-refractivity contribution in [1.29, 1.82) is 0 Å². The molecule has 0 fully saturated rings. The van der Waals surface area contributed by atoms with Gasteiger partial charge in [0.25, 0.3) is 0 Å². The van der Waals surface area contributed by atoms with E-state index in [1.165, 1.54) is 16.3 Å². The first-order valence-corrected chi connectivity index (χ1v) is 18.1. The van der Waals surface area contributed by atoms with Crippen molar-refractivity contribution < 1.29 is 23.9 Å². The van der Waals surface area contributed by atoms with E-state index in [9.17, 15) is 19.2 Å². The minimum absolute atomic E-state index is 0.107. The van der Waals surface area contributed by atoms with Crippen LogP contribution in [0.2, 0.25) is 0 Å². The van der Waals surface area contributed by atoms with Crippen LogP contribution in [-0.4, -0.2) is 85.4 Å². The average molecular weight is 716 g/mol. The molecule has 3 amide bonds. The van der Waals surface area contributed by atoms with Gasteiger partial charge in [0.05, 0.1) is 18.8 Å². The number of unbranched alkanes of at least 4 members (excludes halogenated alkanes) is 1. The van der Waals surface area contributed by atoms with Crippen molar-refractivity contribution >= 4 is 58.3 Å². The Morgan fingerprint density at radius 3 is 2.28 bits per heavy atom. The zero-order valence-electron chi connectivity index (χ0n) is 30.4. The number of H-pyrrole nitrogens is 1. The van der Waals surface area contributed by atoms with Crippen LogP contribution in [0.25, 0.3) is 11.2 Å². The van der Waals surface area contributed by atoms with Gasteiger partial charge in [-0.25, -0.2) is 9.59 Å². The van der Waals surface area contributed by atoms with Gasteiger partial charge in [-0.05, 0) is 77.8 Å². The Balaban J connectivity index is 1.76. The number of imidazole rings is 1. The standard InChI is InChI=1S/C34H53N9O6S/c1-9-11-16-36-30-41-26(35)25-27(42-30)43(31(46)40-25)18-21-12-14-22(15-13-21)37-28(44)23(19-48-33(3,4)5)38-29(45)24(20-50-17-10-2)39-32(47)49-34(6,7)8/h12-15,23-24H,9-11,16-20H2,1-8H3,(H,37,44)(H,38,45)(H,39,47)(H,40,46)(H3,35,36,41,42)/t23-,24-/m0/s1. The molecule has 2 heterocycles. The van der Waals surface area contributed by atoms with Crippen molar-refractivity contribution in [3.8, 4) is 0 Å². The van der Waals surface area contributed by atoms with Gasteiger partial charge in [-0.2, -0.15) is 21.7 Å². The molecule has 3 aromatic rings. The van der Waals surface area contributed by atoms with E-state index in [1.54, 1.807) is 45.0 Å².